The Hall–Kier alpha value is -1.34. The molecule has 0 amide bonds. The van der Waals surface area contributed by atoms with E-state index < -0.39 is 24.5 Å². The van der Waals surface area contributed by atoms with Crippen molar-refractivity contribution in [2.24, 2.45) is 5.92 Å². The van der Waals surface area contributed by atoms with Crippen molar-refractivity contribution >= 4 is 11.9 Å². The number of rotatable bonds is 22. The molecule has 0 aliphatic carbocycles. The predicted octanol–water partition coefficient (Wildman–Crippen LogP) is 1.68. The van der Waals surface area contributed by atoms with Gasteiger partial charge in [0.15, 0.2) is 6.10 Å². The predicted molar refractivity (Wildman–Crippen MR) is 131 cm³/mol. The third-order valence-corrected chi connectivity index (χ3v) is 4.02. The van der Waals surface area contributed by atoms with Crippen molar-refractivity contribution in [2.45, 2.75) is 77.7 Å². The Morgan fingerprint density at radius 1 is 0.629 bits per heavy atom. The number of aliphatic carboxylic acids is 2. The molecule has 1 unspecified atom stereocenters. The maximum Gasteiger partial charge on any atom is 0.333 e. The molecular weight excluding hydrogens is 464 g/mol. The molecule has 0 rings (SSSR count). The summed E-state index contributed by atoms with van der Waals surface area (Å²) < 4.78 is 16.1. The fourth-order valence-corrected chi connectivity index (χ4v) is 2.13. The highest BCUT2D eigenvalue weighted by atomic mass is 16.5. The molecule has 0 aromatic carbocycles. The molecule has 0 aliphatic rings. The number of aliphatic hydroxyl groups is 4. The number of hydrogen-bond acceptors (Lipinski definition) is 9. The third kappa shape index (κ3) is 43.2. The number of ether oxygens (including phenoxy) is 3. The maximum absolute atomic E-state index is 9.72. The van der Waals surface area contributed by atoms with Crippen molar-refractivity contribution in [2.75, 3.05) is 59.5 Å². The third-order valence-electron chi connectivity index (χ3n) is 4.02. The van der Waals surface area contributed by atoms with Crippen LogP contribution in [0.25, 0.3) is 0 Å². The van der Waals surface area contributed by atoms with Crippen LogP contribution in [0.5, 0.6) is 0 Å². The van der Waals surface area contributed by atoms with Crippen LogP contribution in [0.15, 0.2) is 0 Å². The summed E-state index contributed by atoms with van der Waals surface area (Å²) in [5.41, 5.74) is 0. The topological polar surface area (TPSA) is 183 Å². The van der Waals surface area contributed by atoms with Crippen molar-refractivity contribution in [1.82, 2.24) is 0 Å². The van der Waals surface area contributed by atoms with Crippen molar-refractivity contribution in [1.29, 1.82) is 0 Å². The van der Waals surface area contributed by atoms with E-state index in [1.54, 1.807) is 0 Å². The Kier molecular flexibility index (Phi) is 35.6. The molecular formula is C24H50O11. The number of hydrogen-bond donors (Lipinski definition) is 6. The lowest BCUT2D eigenvalue weighted by Crippen LogP contribution is -2.22. The molecule has 0 bridgehead atoms. The van der Waals surface area contributed by atoms with Gasteiger partial charge in [0.1, 0.15) is 0 Å². The van der Waals surface area contributed by atoms with Crippen LogP contribution in [-0.2, 0) is 23.8 Å². The molecule has 35 heavy (non-hydrogen) atoms. The molecule has 0 heterocycles. The van der Waals surface area contributed by atoms with E-state index in [-0.39, 0.29) is 19.8 Å². The average molecular weight is 515 g/mol. The van der Waals surface area contributed by atoms with Crippen LogP contribution in [0.3, 0.4) is 0 Å². The normalized spacial score (nSPS) is 11.3. The van der Waals surface area contributed by atoms with Crippen LogP contribution in [0, 0.1) is 5.92 Å². The average Bonchev–Trinajstić information content (AvgIpc) is 2.80. The summed E-state index contributed by atoms with van der Waals surface area (Å²) in [6.45, 7) is 9.83. The Morgan fingerprint density at radius 2 is 0.971 bits per heavy atom. The molecule has 1 atom stereocenters. The lowest BCUT2D eigenvalue weighted by atomic mass is 10.2. The number of carboxylic acids is 2. The van der Waals surface area contributed by atoms with Gasteiger partial charge in [0.2, 0.25) is 0 Å². The fraction of sp³-hybridized carbons (Fsp3) is 0.917. The molecule has 0 aromatic heterocycles. The highest BCUT2D eigenvalue weighted by molar-refractivity contribution is 5.79. The first-order chi connectivity index (χ1) is 16.7. The van der Waals surface area contributed by atoms with Crippen molar-refractivity contribution < 1.29 is 54.4 Å². The molecule has 0 saturated carbocycles. The second kappa shape index (κ2) is 32.7. The van der Waals surface area contributed by atoms with E-state index in [0.717, 1.165) is 91.0 Å². The molecule has 11 nitrogen and oxygen atoms in total. The summed E-state index contributed by atoms with van der Waals surface area (Å²) in [5, 5.41) is 49.5. The minimum Gasteiger partial charge on any atom is -0.481 e. The second-order valence-corrected chi connectivity index (χ2v) is 8.14. The van der Waals surface area contributed by atoms with E-state index in [9.17, 15) is 9.59 Å². The monoisotopic (exact) mass is 514 g/mol. The fourth-order valence-electron chi connectivity index (χ4n) is 2.13. The summed E-state index contributed by atoms with van der Waals surface area (Å²) in [5.74, 6) is -2.22. The van der Waals surface area contributed by atoms with E-state index in [2.05, 4.69) is 13.8 Å². The van der Waals surface area contributed by atoms with Crippen molar-refractivity contribution in [3.05, 3.63) is 0 Å². The van der Waals surface area contributed by atoms with Gasteiger partial charge in [0.05, 0.1) is 6.42 Å². The van der Waals surface area contributed by atoms with Gasteiger partial charge >= 0.3 is 11.9 Å². The lowest BCUT2D eigenvalue weighted by Gasteiger charge is -2.06. The molecule has 6 N–H and O–H groups in total. The first-order valence-corrected chi connectivity index (χ1v) is 12.4. The Morgan fingerprint density at radius 3 is 1.23 bits per heavy atom. The van der Waals surface area contributed by atoms with Crippen LogP contribution < -0.4 is 0 Å². The zero-order valence-corrected chi connectivity index (χ0v) is 21.6. The van der Waals surface area contributed by atoms with Crippen LogP contribution in [0.1, 0.15) is 71.6 Å². The second-order valence-electron chi connectivity index (χ2n) is 8.14. The Balaban J connectivity index is -0.000000456. The minimum absolute atomic E-state index is 0.250. The number of carboxylic acid groups (broad SMARTS) is 2. The SMILES string of the molecule is CC(C)COCCCCOCCCCO.O=C(O)CC(O)C(=O)O.OCCCCOCCCCO. The van der Waals surface area contributed by atoms with Crippen LogP contribution >= 0.6 is 0 Å². The van der Waals surface area contributed by atoms with E-state index in [0.29, 0.717) is 5.92 Å². The highest BCUT2D eigenvalue weighted by Gasteiger charge is 2.16. The van der Waals surface area contributed by atoms with E-state index in [4.69, 9.17) is 44.8 Å². The van der Waals surface area contributed by atoms with Gasteiger partial charge in [-0.05, 0) is 57.3 Å². The maximum atomic E-state index is 9.72. The van der Waals surface area contributed by atoms with Gasteiger partial charge in [-0.15, -0.1) is 0 Å². The minimum atomic E-state index is -1.79. The van der Waals surface area contributed by atoms with Gasteiger partial charge in [-0.3, -0.25) is 4.79 Å². The molecule has 0 saturated heterocycles. The molecule has 0 radical (unpaired) electrons. The smallest absolute Gasteiger partial charge is 0.333 e. The quantitative estimate of drug-likeness (QED) is 0.116. The number of carbonyl (C=O) groups is 2. The van der Waals surface area contributed by atoms with Crippen LogP contribution in [0.4, 0.5) is 0 Å². The van der Waals surface area contributed by atoms with E-state index >= 15 is 0 Å². The molecule has 0 aromatic rings. The summed E-state index contributed by atoms with van der Waals surface area (Å²) in [4.78, 5) is 19.4. The standard InChI is InChI=1S/C12H26O3.C8H18O3.C4H6O5/c1-12(2)11-15-10-6-5-9-14-8-4-3-7-13;9-5-1-3-7-11-8-4-2-6-10;5-2(4(8)9)1-3(6)7/h12-13H,3-11H2,1-2H3;9-10H,1-8H2;2,5H,1H2,(H,6,7)(H,8,9). The van der Waals surface area contributed by atoms with Gasteiger partial charge in [-0.2, -0.15) is 0 Å². The van der Waals surface area contributed by atoms with Crippen molar-refractivity contribution in [3.8, 4) is 0 Å². The van der Waals surface area contributed by atoms with Gasteiger partial charge in [0.25, 0.3) is 0 Å². The molecule has 0 aliphatic heterocycles. The van der Waals surface area contributed by atoms with E-state index in [1.807, 2.05) is 0 Å². The lowest BCUT2D eigenvalue weighted by molar-refractivity contribution is -0.152. The molecule has 0 spiro atoms. The first-order valence-electron chi connectivity index (χ1n) is 12.4. The summed E-state index contributed by atoms with van der Waals surface area (Å²) in [6.07, 6.45) is 4.89. The molecule has 0 fully saturated rings. The number of aliphatic hydroxyl groups excluding tert-OH is 4. The van der Waals surface area contributed by atoms with Gasteiger partial charge < -0.3 is 44.8 Å². The zero-order chi connectivity index (χ0) is 27.2. The van der Waals surface area contributed by atoms with E-state index in [1.165, 1.54) is 0 Å². The zero-order valence-electron chi connectivity index (χ0n) is 21.6. The number of unbranched alkanes of at least 4 members (excludes halogenated alkanes) is 4. The first kappa shape index (κ1) is 38.2. The Bertz CT molecular complexity index is 426. The largest absolute Gasteiger partial charge is 0.481 e. The molecule has 212 valence electrons. The highest BCUT2D eigenvalue weighted by Crippen LogP contribution is 1.97. The summed E-state index contributed by atoms with van der Waals surface area (Å²) >= 11 is 0. The Labute approximate surface area is 210 Å². The van der Waals surface area contributed by atoms with Crippen LogP contribution in [-0.4, -0.2) is 108 Å². The van der Waals surface area contributed by atoms with Crippen LogP contribution in [0.2, 0.25) is 0 Å². The van der Waals surface area contributed by atoms with Gasteiger partial charge in [-0.1, -0.05) is 13.8 Å². The molecule has 11 heteroatoms. The summed E-state index contributed by atoms with van der Waals surface area (Å²) in [6, 6.07) is 0. The van der Waals surface area contributed by atoms with Gasteiger partial charge in [-0.25, -0.2) is 4.79 Å². The van der Waals surface area contributed by atoms with Gasteiger partial charge in [0, 0.05) is 59.5 Å². The van der Waals surface area contributed by atoms with Crippen molar-refractivity contribution in [3.63, 3.8) is 0 Å². The summed E-state index contributed by atoms with van der Waals surface area (Å²) in [7, 11) is 0.